The van der Waals surface area contributed by atoms with E-state index < -0.39 is 6.10 Å². The van der Waals surface area contributed by atoms with Gasteiger partial charge in [0.1, 0.15) is 30.0 Å². The maximum Gasteiger partial charge on any atom is 0.302 e. The van der Waals surface area contributed by atoms with Gasteiger partial charge in [0.05, 0.1) is 20.1 Å². The Morgan fingerprint density at radius 2 is 1.82 bits per heavy atom. The summed E-state index contributed by atoms with van der Waals surface area (Å²) < 4.78 is 23.2. The molecule has 0 bridgehead atoms. The summed E-state index contributed by atoms with van der Waals surface area (Å²) >= 11 is 0. The first kappa shape index (κ1) is 21.9. The summed E-state index contributed by atoms with van der Waals surface area (Å²) in [6.07, 6.45) is 1.11. The van der Waals surface area contributed by atoms with Gasteiger partial charge in [0, 0.05) is 18.1 Å². The van der Waals surface area contributed by atoms with Gasteiger partial charge >= 0.3 is 5.97 Å². The van der Waals surface area contributed by atoms with Crippen LogP contribution in [-0.2, 0) is 22.4 Å². The van der Waals surface area contributed by atoms with E-state index in [1.807, 2.05) is 12.1 Å². The van der Waals surface area contributed by atoms with Gasteiger partial charge in [-0.2, -0.15) is 0 Å². The van der Waals surface area contributed by atoms with E-state index in [1.54, 1.807) is 37.4 Å². The maximum atomic E-state index is 11.7. The highest BCUT2D eigenvalue weighted by molar-refractivity contribution is 5.83. The molecule has 0 radical (unpaired) electrons. The van der Waals surface area contributed by atoms with Crippen LogP contribution in [0, 0.1) is 0 Å². The minimum Gasteiger partial charge on any atom is -0.508 e. The lowest BCUT2D eigenvalue weighted by Crippen LogP contribution is -2.17. The number of ether oxygens (including phenoxy) is 4. The van der Waals surface area contributed by atoms with Crippen LogP contribution in [-0.4, -0.2) is 37.0 Å². The molecule has 2 aliphatic rings. The van der Waals surface area contributed by atoms with E-state index in [0.717, 1.165) is 46.2 Å². The predicted octanol–water partition coefficient (Wildman–Crippen LogP) is 4.66. The number of esters is 1. The number of hydrogen-bond donors (Lipinski definition) is 2. The van der Waals surface area contributed by atoms with Crippen LogP contribution < -0.4 is 14.2 Å². The monoisotopic (exact) mass is 462 g/mol. The molecule has 1 aliphatic carbocycles. The summed E-state index contributed by atoms with van der Waals surface area (Å²) in [4.78, 5) is 11.7. The molecule has 176 valence electrons. The molecule has 0 spiro atoms. The Hall–Kier alpha value is -3.87. The molecule has 2 atom stereocenters. The Bertz CT molecular complexity index is 1280. The Morgan fingerprint density at radius 3 is 2.56 bits per heavy atom. The quantitative estimate of drug-likeness (QED) is 0.533. The van der Waals surface area contributed by atoms with Crippen molar-refractivity contribution in [2.24, 2.45) is 0 Å². The number of benzene rings is 3. The molecule has 7 nitrogen and oxygen atoms in total. The van der Waals surface area contributed by atoms with Crippen molar-refractivity contribution in [3.8, 4) is 39.9 Å². The Balaban J connectivity index is 1.67. The standard InChI is InChI=1S/C27H26O7/c1-14(28)33-13-20-25-23(34-26(20)17-6-9-21(30)22(12-17)31-2)11-16-5-4-15-10-18(29)7-8-19(15)24(16)27(25)32-3/h6-12,20,26,29-30H,4-5,13H2,1-3H3/t20-,26+/m1/s1. The topological polar surface area (TPSA) is 94.5 Å². The molecular formula is C27H26O7. The number of methoxy groups -OCH3 is 2. The lowest BCUT2D eigenvalue weighted by Gasteiger charge is -2.25. The van der Waals surface area contributed by atoms with Crippen LogP contribution in [0.25, 0.3) is 11.1 Å². The van der Waals surface area contributed by atoms with E-state index >= 15 is 0 Å². The molecule has 34 heavy (non-hydrogen) atoms. The van der Waals surface area contributed by atoms with Crippen LogP contribution in [0.15, 0.2) is 42.5 Å². The molecule has 2 N–H and O–H groups in total. The number of phenolic OH excluding ortho intramolecular Hbond substituents is 2. The molecule has 0 saturated heterocycles. The molecule has 0 unspecified atom stereocenters. The second kappa shape index (κ2) is 8.48. The summed E-state index contributed by atoms with van der Waals surface area (Å²) in [5.41, 5.74) is 5.77. The van der Waals surface area contributed by atoms with Crippen molar-refractivity contribution in [3.05, 3.63) is 64.7 Å². The molecule has 0 aromatic heterocycles. The molecule has 0 saturated carbocycles. The summed E-state index contributed by atoms with van der Waals surface area (Å²) in [5, 5.41) is 20.0. The minimum atomic E-state index is -0.471. The summed E-state index contributed by atoms with van der Waals surface area (Å²) in [5.74, 6) is 1.26. The van der Waals surface area contributed by atoms with Gasteiger partial charge in [0.25, 0.3) is 0 Å². The molecule has 3 aromatic carbocycles. The van der Waals surface area contributed by atoms with Crippen molar-refractivity contribution < 1.29 is 34.0 Å². The van der Waals surface area contributed by atoms with E-state index in [4.69, 9.17) is 18.9 Å². The summed E-state index contributed by atoms with van der Waals surface area (Å²) in [6, 6.07) is 12.5. The van der Waals surface area contributed by atoms with Crippen molar-refractivity contribution >= 4 is 5.97 Å². The van der Waals surface area contributed by atoms with Crippen LogP contribution in [0.1, 0.15) is 41.2 Å². The zero-order valence-electron chi connectivity index (χ0n) is 19.3. The van der Waals surface area contributed by atoms with Crippen LogP contribution in [0.5, 0.6) is 28.7 Å². The van der Waals surface area contributed by atoms with Crippen molar-refractivity contribution in [1.82, 2.24) is 0 Å². The molecule has 7 heteroatoms. The summed E-state index contributed by atoms with van der Waals surface area (Å²) in [7, 11) is 3.12. The zero-order valence-corrected chi connectivity index (χ0v) is 19.3. The van der Waals surface area contributed by atoms with Crippen LogP contribution in [0.2, 0.25) is 0 Å². The van der Waals surface area contributed by atoms with Crippen molar-refractivity contribution in [2.45, 2.75) is 31.8 Å². The molecule has 3 aromatic rings. The third-order valence-corrected chi connectivity index (χ3v) is 6.58. The highest BCUT2D eigenvalue weighted by Crippen LogP contribution is 2.56. The van der Waals surface area contributed by atoms with Gasteiger partial charge in [-0.15, -0.1) is 0 Å². The smallest absolute Gasteiger partial charge is 0.302 e. The molecule has 5 rings (SSSR count). The highest BCUT2D eigenvalue weighted by atomic mass is 16.5. The Morgan fingerprint density at radius 1 is 1.03 bits per heavy atom. The largest absolute Gasteiger partial charge is 0.508 e. The SMILES string of the molecule is COc1cc([C@@H]2Oc3cc4c(c(OC)c3[C@H]2COC(C)=O)-c2ccc(O)cc2CC4)ccc1O. The number of aryl methyl sites for hydroxylation is 2. The fraction of sp³-hybridized carbons (Fsp3) is 0.296. The second-order valence-electron chi connectivity index (χ2n) is 8.58. The number of rotatable bonds is 5. The van der Waals surface area contributed by atoms with Crippen molar-refractivity contribution in [1.29, 1.82) is 0 Å². The molecule has 1 aliphatic heterocycles. The third-order valence-electron chi connectivity index (χ3n) is 6.58. The Kier molecular flexibility index (Phi) is 5.48. The number of hydrogen-bond acceptors (Lipinski definition) is 7. The van der Waals surface area contributed by atoms with E-state index in [-0.39, 0.29) is 30.0 Å². The van der Waals surface area contributed by atoms with Gasteiger partial charge in [-0.05, 0) is 65.4 Å². The minimum absolute atomic E-state index is 0.0335. The third kappa shape index (κ3) is 3.57. The number of carbonyl (C=O) groups is 1. The van der Waals surface area contributed by atoms with Crippen LogP contribution >= 0.6 is 0 Å². The normalized spacial score (nSPS) is 17.7. The van der Waals surface area contributed by atoms with E-state index in [0.29, 0.717) is 17.2 Å². The Labute approximate surface area is 197 Å². The number of carbonyl (C=O) groups excluding carboxylic acids is 1. The average molecular weight is 462 g/mol. The van der Waals surface area contributed by atoms with Gasteiger partial charge < -0.3 is 29.2 Å². The molecule has 0 fully saturated rings. The second-order valence-corrected chi connectivity index (χ2v) is 8.58. The van der Waals surface area contributed by atoms with E-state index in [9.17, 15) is 15.0 Å². The fourth-order valence-electron chi connectivity index (χ4n) is 5.07. The maximum absolute atomic E-state index is 11.7. The van der Waals surface area contributed by atoms with Gasteiger partial charge in [-0.1, -0.05) is 12.1 Å². The van der Waals surface area contributed by atoms with Crippen molar-refractivity contribution in [2.75, 3.05) is 20.8 Å². The lowest BCUT2D eigenvalue weighted by molar-refractivity contribution is -0.141. The first-order valence-electron chi connectivity index (χ1n) is 11.1. The lowest BCUT2D eigenvalue weighted by atomic mass is 9.81. The van der Waals surface area contributed by atoms with Gasteiger partial charge in [0.2, 0.25) is 0 Å². The first-order chi connectivity index (χ1) is 16.4. The van der Waals surface area contributed by atoms with Crippen LogP contribution in [0.3, 0.4) is 0 Å². The first-order valence-corrected chi connectivity index (χ1v) is 11.1. The number of aromatic hydroxyl groups is 2. The average Bonchev–Trinajstić information content (AvgIpc) is 3.19. The molecular weight excluding hydrogens is 436 g/mol. The number of fused-ring (bicyclic) bond motifs is 4. The zero-order chi connectivity index (χ0) is 24.0. The highest BCUT2D eigenvalue weighted by Gasteiger charge is 2.41. The molecule has 0 amide bonds. The predicted molar refractivity (Wildman–Crippen MR) is 125 cm³/mol. The van der Waals surface area contributed by atoms with Gasteiger partial charge in [-0.3, -0.25) is 4.79 Å². The van der Waals surface area contributed by atoms with E-state index in [1.165, 1.54) is 14.0 Å². The van der Waals surface area contributed by atoms with Crippen LogP contribution in [0.4, 0.5) is 0 Å². The van der Waals surface area contributed by atoms with Gasteiger partial charge in [0.15, 0.2) is 11.5 Å². The number of phenols is 2. The fourth-order valence-corrected chi connectivity index (χ4v) is 5.07. The van der Waals surface area contributed by atoms with E-state index in [2.05, 4.69) is 0 Å². The summed E-state index contributed by atoms with van der Waals surface area (Å²) in [6.45, 7) is 1.48. The van der Waals surface area contributed by atoms with Gasteiger partial charge in [-0.25, -0.2) is 0 Å². The molecule has 1 heterocycles. The van der Waals surface area contributed by atoms with Crippen molar-refractivity contribution in [3.63, 3.8) is 0 Å².